The van der Waals surface area contributed by atoms with Gasteiger partial charge in [0.2, 0.25) is 0 Å². The molecule has 0 fully saturated rings. The molecule has 0 radical (unpaired) electrons. The quantitative estimate of drug-likeness (QED) is 0.151. The van der Waals surface area contributed by atoms with Gasteiger partial charge in [0.25, 0.3) is 0 Å². The van der Waals surface area contributed by atoms with Gasteiger partial charge < -0.3 is 18.9 Å². The van der Waals surface area contributed by atoms with Crippen LogP contribution in [0.15, 0.2) is 255 Å². The van der Waals surface area contributed by atoms with Gasteiger partial charge in [0.05, 0.1) is 33.4 Å². The zero-order valence-corrected chi connectivity index (χ0v) is 49.5. The summed E-state index contributed by atoms with van der Waals surface area (Å²) in [6.45, 7) is 13.7. The van der Waals surface area contributed by atoms with Crippen molar-refractivity contribution >= 4 is 152 Å². The van der Waals surface area contributed by atoms with E-state index in [9.17, 15) is 0 Å². The summed E-state index contributed by atoms with van der Waals surface area (Å²) in [7, 11) is 0. The predicted molar refractivity (Wildman–Crippen MR) is 365 cm³/mol. The van der Waals surface area contributed by atoms with E-state index in [2.05, 4.69) is 315 Å². The van der Waals surface area contributed by atoms with Gasteiger partial charge in [-0.15, -0.1) is 22.7 Å². The first-order valence-corrected chi connectivity index (χ1v) is 30.8. The van der Waals surface area contributed by atoms with E-state index in [1.54, 1.807) is 0 Å². The van der Waals surface area contributed by atoms with Crippen LogP contribution in [0.4, 0.5) is 34.1 Å². The van der Waals surface area contributed by atoms with Crippen LogP contribution in [0.3, 0.4) is 0 Å². The molecule has 0 aliphatic rings. The lowest BCUT2D eigenvalue weighted by molar-refractivity contribution is 0.590. The highest BCUT2D eigenvalue weighted by molar-refractivity contribution is 7.26. The molecule has 4 aromatic heterocycles. The second kappa shape index (κ2) is 19.0. The number of fused-ring (bicyclic) bond motifs is 15. The molecule has 0 spiro atoms. The maximum atomic E-state index is 2.46. The van der Waals surface area contributed by atoms with E-state index in [-0.39, 0.29) is 10.8 Å². The topological polar surface area (TPSA) is 16.3 Å². The predicted octanol–water partition coefficient (Wildman–Crippen LogP) is 23.3. The summed E-state index contributed by atoms with van der Waals surface area (Å²) < 4.78 is 9.99. The minimum atomic E-state index is 0.0690. The summed E-state index contributed by atoms with van der Waals surface area (Å²) in [5, 5.41) is 12.7. The molecule has 84 heavy (non-hydrogen) atoms. The normalized spacial score (nSPS) is 12.4. The Morgan fingerprint density at radius 3 is 1.05 bits per heavy atom. The lowest BCUT2D eigenvalue weighted by atomic mass is 9.87. The molecule has 0 saturated heterocycles. The Morgan fingerprint density at radius 2 is 0.643 bits per heavy atom. The lowest BCUT2D eigenvalue weighted by Crippen LogP contribution is -2.11. The van der Waals surface area contributed by atoms with Crippen molar-refractivity contribution in [1.29, 1.82) is 0 Å². The van der Waals surface area contributed by atoms with E-state index in [0.717, 1.165) is 45.5 Å². The number of rotatable bonds is 8. The van der Waals surface area contributed by atoms with Crippen molar-refractivity contribution in [3.8, 4) is 11.4 Å². The molecule has 0 saturated carbocycles. The third-order valence-corrected chi connectivity index (χ3v) is 19.6. The fourth-order valence-corrected chi connectivity index (χ4v) is 15.7. The minimum Gasteiger partial charge on any atom is -0.310 e. The van der Waals surface area contributed by atoms with E-state index in [1.165, 1.54) is 106 Å². The zero-order chi connectivity index (χ0) is 56.6. The number of anilines is 6. The van der Waals surface area contributed by atoms with Gasteiger partial charge in [-0.1, -0.05) is 175 Å². The molecule has 0 N–H and O–H groups in total. The third kappa shape index (κ3) is 7.92. The average molecular weight is 1120 g/mol. The molecule has 12 aromatic carbocycles. The molecule has 0 atom stereocenters. The first-order valence-electron chi connectivity index (χ1n) is 29.2. The molecular weight excluding hydrogens is 1060 g/mol. The number of hydrogen-bond donors (Lipinski definition) is 0. The first kappa shape index (κ1) is 50.3. The number of thiophene rings is 2. The van der Waals surface area contributed by atoms with E-state index >= 15 is 0 Å². The SMILES string of the molecule is CC(C)(C)c1ccc(-n2c3ccccc3c3c(N(c4ccccc4)c4ccc5c(c4)sc4ccc6c(ccc7sc8cc(N(c9ccccc9)c9cccc%10c9c9ccccc9n%10-c9ccc(C(C)(C)C)cc9)ccc8c76)c45)cccc32)cc1. The van der Waals surface area contributed by atoms with Crippen molar-refractivity contribution in [2.45, 2.75) is 52.4 Å². The monoisotopic (exact) mass is 1120 g/mol. The van der Waals surface area contributed by atoms with Crippen molar-refractivity contribution < 1.29 is 0 Å². The fourth-order valence-electron chi connectivity index (χ4n) is 13.4. The van der Waals surface area contributed by atoms with Gasteiger partial charge in [-0.2, -0.15) is 0 Å². The van der Waals surface area contributed by atoms with Gasteiger partial charge in [-0.05, 0) is 154 Å². The van der Waals surface area contributed by atoms with E-state index in [4.69, 9.17) is 0 Å². The Balaban J connectivity index is 0.821. The standard InChI is InChI=1S/C78H60N4S2/c1-77(2,3)49-31-35-53(36-32-49)81-63-25-15-13-23-59(63)75-65(27-17-29-67(75)81)79(51-19-9-7-10-20-51)55-39-41-61-71(47-55)83-69-45-43-58-57(73(61)69)44-46-70-74(58)62-42-40-56(48-72(62)84-70)80(52-21-11-8-12-22-52)66-28-18-30-68-76(66)60-24-14-16-26-64(60)82(68)54-37-33-50(34-38-54)78(4,5)6/h7-48H,1-6H3. The first-order chi connectivity index (χ1) is 40.9. The van der Waals surface area contributed by atoms with Crippen LogP contribution >= 0.6 is 22.7 Å². The molecule has 0 aliphatic carbocycles. The molecule has 16 aromatic rings. The number of hydrogen-bond acceptors (Lipinski definition) is 4. The van der Waals surface area contributed by atoms with Crippen molar-refractivity contribution in [2.75, 3.05) is 9.80 Å². The smallest absolute Gasteiger partial charge is 0.0562 e. The van der Waals surface area contributed by atoms with Crippen LogP contribution < -0.4 is 9.80 Å². The molecule has 0 unspecified atom stereocenters. The summed E-state index contributed by atoms with van der Waals surface area (Å²) in [5.41, 5.74) is 16.6. The third-order valence-electron chi connectivity index (χ3n) is 17.4. The van der Waals surface area contributed by atoms with Crippen molar-refractivity contribution in [3.63, 3.8) is 0 Å². The molecule has 404 valence electrons. The maximum absolute atomic E-state index is 2.46. The van der Waals surface area contributed by atoms with Crippen LogP contribution in [-0.4, -0.2) is 9.13 Å². The summed E-state index contributed by atoms with van der Waals surface area (Å²) in [6.07, 6.45) is 0. The molecule has 16 rings (SSSR count). The second-order valence-electron chi connectivity index (χ2n) is 24.5. The Hall–Kier alpha value is -9.46. The van der Waals surface area contributed by atoms with Gasteiger partial charge in [-0.25, -0.2) is 0 Å². The van der Waals surface area contributed by atoms with Crippen LogP contribution in [0.25, 0.3) is 106 Å². The molecular formula is C78H60N4S2. The highest BCUT2D eigenvalue weighted by Gasteiger charge is 2.26. The maximum Gasteiger partial charge on any atom is 0.0562 e. The van der Waals surface area contributed by atoms with E-state index < -0.39 is 0 Å². The van der Waals surface area contributed by atoms with Crippen LogP contribution in [-0.2, 0) is 10.8 Å². The van der Waals surface area contributed by atoms with Crippen molar-refractivity contribution in [3.05, 3.63) is 266 Å². The fraction of sp³-hybridized carbons (Fsp3) is 0.103. The molecule has 0 bridgehead atoms. The van der Waals surface area contributed by atoms with E-state index in [0.29, 0.717) is 0 Å². The molecule has 4 heterocycles. The number of aromatic nitrogens is 2. The number of nitrogens with zero attached hydrogens (tertiary/aromatic N) is 4. The Kier molecular flexibility index (Phi) is 11.4. The van der Waals surface area contributed by atoms with Crippen LogP contribution in [0, 0.1) is 0 Å². The van der Waals surface area contributed by atoms with Gasteiger partial charge >= 0.3 is 0 Å². The summed E-state index contributed by atoms with van der Waals surface area (Å²) in [5.74, 6) is 0. The Morgan fingerprint density at radius 1 is 0.274 bits per heavy atom. The van der Waals surface area contributed by atoms with Gasteiger partial charge in [-0.3, -0.25) is 0 Å². The van der Waals surface area contributed by atoms with Crippen LogP contribution in [0.5, 0.6) is 0 Å². The minimum absolute atomic E-state index is 0.0690. The number of para-hydroxylation sites is 4. The Labute approximate surface area is 496 Å². The number of benzene rings is 12. The Bertz CT molecular complexity index is 4930. The highest BCUT2D eigenvalue weighted by atomic mass is 32.1. The van der Waals surface area contributed by atoms with E-state index in [1.807, 2.05) is 22.7 Å². The van der Waals surface area contributed by atoms with Crippen molar-refractivity contribution in [1.82, 2.24) is 9.13 Å². The lowest BCUT2D eigenvalue weighted by Gasteiger charge is -2.26. The van der Waals surface area contributed by atoms with Crippen LogP contribution in [0.1, 0.15) is 52.7 Å². The second-order valence-corrected chi connectivity index (χ2v) is 26.7. The average Bonchev–Trinajstić information content (AvgIpc) is 1.79. The summed E-state index contributed by atoms with van der Waals surface area (Å²) in [4.78, 5) is 4.92. The van der Waals surface area contributed by atoms with Gasteiger partial charge in [0.1, 0.15) is 0 Å². The molecule has 0 aliphatic heterocycles. The van der Waals surface area contributed by atoms with Crippen molar-refractivity contribution in [2.24, 2.45) is 0 Å². The molecule has 0 amide bonds. The van der Waals surface area contributed by atoms with Crippen LogP contribution in [0.2, 0.25) is 0 Å². The van der Waals surface area contributed by atoms with Gasteiger partial charge in [0, 0.05) is 96.0 Å². The van der Waals surface area contributed by atoms with Gasteiger partial charge in [0.15, 0.2) is 0 Å². The molecule has 6 heteroatoms. The largest absolute Gasteiger partial charge is 0.310 e. The highest BCUT2D eigenvalue weighted by Crippen LogP contribution is 2.50. The molecule has 4 nitrogen and oxygen atoms in total. The summed E-state index contributed by atoms with van der Waals surface area (Å²) in [6, 6.07) is 95.2. The zero-order valence-electron chi connectivity index (χ0n) is 47.9. The summed E-state index contributed by atoms with van der Waals surface area (Å²) >= 11 is 3.78.